The maximum Gasteiger partial charge on any atom is 0.306 e. The number of hydrogen-bond donors (Lipinski definition) is 0. The predicted octanol–water partition coefficient (Wildman–Crippen LogP) is 3.91. The van der Waals surface area contributed by atoms with Crippen LogP contribution in [0.1, 0.15) is 30.7 Å². The first-order valence-corrected chi connectivity index (χ1v) is 8.85. The molecule has 1 aromatic rings. The maximum atomic E-state index is 12.4. The fourth-order valence-electron chi connectivity index (χ4n) is 2.28. The largest absolute Gasteiger partial charge is 0.466 e. The SMILES string of the molecule is CCOC(=O)CCC(=O)N1CCS[C@H]1c1cccc(Cl)c1Cl. The van der Waals surface area contributed by atoms with Crippen LogP contribution in [0.15, 0.2) is 18.2 Å². The number of halogens is 2. The zero-order valence-electron chi connectivity index (χ0n) is 12.2. The summed E-state index contributed by atoms with van der Waals surface area (Å²) in [5.41, 5.74) is 0.834. The molecule has 1 aromatic carbocycles. The molecular formula is C15H17Cl2NO3S. The van der Waals surface area contributed by atoms with Gasteiger partial charge < -0.3 is 9.64 Å². The molecule has 1 aliphatic heterocycles. The standard InChI is InChI=1S/C15H17Cl2NO3S/c1-2-21-13(20)7-6-12(19)18-8-9-22-15(18)10-4-3-5-11(16)14(10)17/h3-5,15H,2,6-9H2,1H3/t15-/m0/s1. The van der Waals surface area contributed by atoms with Crippen molar-refractivity contribution < 1.29 is 14.3 Å². The molecule has 22 heavy (non-hydrogen) atoms. The minimum absolute atomic E-state index is 0.0703. The summed E-state index contributed by atoms with van der Waals surface area (Å²) >= 11 is 14.0. The number of esters is 1. The van der Waals surface area contributed by atoms with Crippen LogP contribution in [-0.2, 0) is 14.3 Å². The predicted molar refractivity (Wildman–Crippen MR) is 89.2 cm³/mol. The number of rotatable bonds is 5. The Labute approximate surface area is 144 Å². The van der Waals surface area contributed by atoms with E-state index < -0.39 is 0 Å². The molecule has 2 rings (SSSR count). The van der Waals surface area contributed by atoms with E-state index in [0.717, 1.165) is 11.3 Å². The van der Waals surface area contributed by atoms with Crippen LogP contribution in [0.25, 0.3) is 0 Å². The number of carbonyl (C=O) groups excluding carboxylic acids is 2. The Morgan fingerprint density at radius 2 is 2.14 bits per heavy atom. The van der Waals surface area contributed by atoms with Gasteiger partial charge in [-0.2, -0.15) is 0 Å². The van der Waals surface area contributed by atoms with Crippen LogP contribution in [0.3, 0.4) is 0 Å². The monoisotopic (exact) mass is 361 g/mol. The number of amides is 1. The Balaban J connectivity index is 2.05. The molecule has 0 unspecified atom stereocenters. The first kappa shape index (κ1) is 17.4. The lowest BCUT2D eigenvalue weighted by molar-refractivity contribution is -0.145. The third-order valence-corrected chi connectivity index (χ3v) is 5.38. The second kappa shape index (κ2) is 8.09. The summed E-state index contributed by atoms with van der Waals surface area (Å²) in [5.74, 6) is 0.415. The van der Waals surface area contributed by atoms with Gasteiger partial charge in [-0.15, -0.1) is 11.8 Å². The molecular weight excluding hydrogens is 345 g/mol. The van der Waals surface area contributed by atoms with Gasteiger partial charge >= 0.3 is 5.97 Å². The molecule has 1 atom stereocenters. The second-order valence-electron chi connectivity index (χ2n) is 4.76. The number of hydrogen-bond acceptors (Lipinski definition) is 4. The van der Waals surface area contributed by atoms with E-state index in [0.29, 0.717) is 23.2 Å². The molecule has 0 aromatic heterocycles. The highest BCUT2D eigenvalue weighted by Gasteiger charge is 2.32. The molecule has 0 N–H and O–H groups in total. The fraction of sp³-hybridized carbons (Fsp3) is 0.467. The van der Waals surface area contributed by atoms with E-state index in [4.69, 9.17) is 27.9 Å². The van der Waals surface area contributed by atoms with Crippen molar-refractivity contribution in [3.63, 3.8) is 0 Å². The van der Waals surface area contributed by atoms with Crippen molar-refractivity contribution >= 4 is 46.8 Å². The Bertz CT molecular complexity index is 568. The summed E-state index contributed by atoms with van der Waals surface area (Å²) in [7, 11) is 0. The normalized spacial score (nSPS) is 17.6. The molecule has 4 nitrogen and oxygen atoms in total. The van der Waals surface area contributed by atoms with E-state index >= 15 is 0 Å². The van der Waals surface area contributed by atoms with E-state index in [1.807, 2.05) is 12.1 Å². The van der Waals surface area contributed by atoms with E-state index in [1.54, 1.807) is 29.7 Å². The Hall–Kier alpha value is -0.910. The first-order chi connectivity index (χ1) is 10.5. The molecule has 0 spiro atoms. The van der Waals surface area contributed by atoms with Gasteiger partial charge in [-0.05, 0) is 13.0 Å². The molecule has 7 heteroatoms. The number of ether oxygens (including phenoxy) is 1. The molecule has 1 saturated heterocycles. The van der Waals surface area contributed by atoms with Crippen LogP contribution in [0.5, 0.6) is 0 Å². The Morgan fingerprint density at radius 3 is 2.86 bits per heavy atom. The van der Waals surface area contributed by atoms with Gasteiger partial charge in [-0.3, -0.25) is 9.59 Å². The van der Waals surface area contributed by atoms with Gasteiger partial charge in [-0.25, -0.2) is 0 Å². The van der Waals surface area contributed by atoms with Gasteiger partial charge in [0.1, 0.15) is 5.37 Å². The zero-order chi connectivity index (χ0) is 16.1. The molecule has 120 valence electrons. The lowest BCUT2D eigenvalue weighted by Gasteiger charge is -2.25. The van der Waals surface area contributed by atoms with E-state index in [9.17, 15) is 9.59 Å². The Kier molecular flexibility index (Phi) is 6.41. The summed E-state index contributed by atoms with van der Waals surface area (Å²) in [6.45, 7) is 2.71. The molecule has 1 heterocycles. The van der Waals surface area contributed by atoms with Crippen molar-refractivity contribution in [2.45, 2.75) is 25.1 Å². The van der Waals surface area contributed by atoms with Gasteiger partial charge in [-0.1, -0.05) is 35.3 Å². The van der Waals surface area contributed by atoms with Crippen LogP contribution in [-0.4, -0.2) is 35.7 Å². The summed E-state index contributed by atoms with van der Waals surface area (Å²) in [5, 5.41) is 0.804. The molecule has 1 aliphatic rings. The number of carbonyl (C=O) groups is 2. The van der Waals surface area contributed by atoms with Crippen molar-refractivity contribution in [2.75, 3.05) is 18.9 Å². The number of thioether (sulfide) groups is 1. The molecule has 0 radical (unpaired) electrons. The third-order valence-electron chi connectivity index (χ3n) is 3.31. The molecule has 1 amide bonds. The van der Waals surface area contributed by atoms with Crippen LogP contribution in [0.4, 0.5) is 0 Å². The van der Waals surface area contributed by atoms with Crippen LogP contribution in [0, 0.1) is 0 Å². The molecule has 0 bridgehead atoms. The van der Waals surface area contributed by atoms with Crippen molar-refractivity contribution in [1.29, 1.82) is 0 Å². The van der Waals surface area contributed by atoms with Crippen LogP contribution in [0.2, 0.25) is 10.0 Å². The molecule has 1 fully saturated rings. The lowest BCUT2D eigenvalue weighted by atomic mass is 10.2. The van der Waals surface area contributed by atoms with Crippen molar-refractivity contribution in [2.24, 2.45) is 0 Å². The minimum Gasteiger partial charge on any atom is -0.466 e. The average Bonchev–Trinajstić information content (AvgIpc) is 2.97. The smallest absolute Gasteiger partial charge is 0.306 e. The van der Waals surface area contributed by atoms with Crippen LogP contribution < -0.4 is 0 Å². The van der Waals surface area contributed by atoms with E-state index in [2.05, 4.69) is 0 Å². The highest BCUT2D eigenvalue weighted by atomic mass is 35.5. The van der Waals surface area contributed by atoms with E-state index in [1.165, 1.54) is 0 Å². The van der Waals surface area contributed by atoms with Crippen molar-refractivity contribution in [3.05, 3.63) is 33.8 Å². The number of benzene rings is 1. The molecule has 0 aliphatic carbocycles. The maximum absolute atomic E-state index is 12.4. The first-order valence-electron chi connectivity index (χ1n) is 7.05. The van der Waals surface area contributed by atoms with Gasteiger partial charge in [0.05, 0.1) is 23.1 Å². The van der Waals surface area contributed by atoms with Gasteiger partial charge in [0.25, 0.3) is 0 Å². The highest BCUT2D eigenvalue weighted by Crippen LogP contribution is 2.42. The highest BCUT2D eigenvalue weighted by molar-refractivity contribution is 7.99. The Morgan fingerprint density at radius 1 is 1.36 bits per heavy atom. The fourth-order valence-corrected chi connectivity index (χ4v) is 4.06. The van der Waals surface area contributed by atoms with Crippen molar-refractivity contribution in [3.8, 4) is 0 Å². The summed E-state index contributed by atoms with van der Waals surface area (Å²) in [6.07, 6.45) is 0.248. The third kappa shape index (κ3) is 4.09. The minimum atomic E-state index is -0.347. The number of nitrogens with zero attached hydrogens (tertiary/aromatic N) is 1. The molecule has 0 saturated carbocycles. The lowest BCUT2D eigenvalue weighted by Crippen LogP contribution is -2.30. The quantitative estimate of drug-likeness (QED) is 0.745. The van der Waals surface area contributed by atoms with Gasteiger partial charge in [0.2, 0.25) is 5.91 Å². The van der Waals surface area contributed by atoms with E-state index in [-0.39, 0.29) is 30.1 Å². The van der Waals surface area contributed by atoms with Gasteiger partial charge in [0.15, 0.2) is 0 Å². The van der Waals surface area contributed by atoms with Crippen molar-refractivity contribution in [1.82, 2.24) is 4.90 Å². The topological polar surface area (TPSA) is 46.6 Å². The zero-order valence-corrected chi connectivity index (χ0v) is 14.5. The second-order valence-corrected chi connectivity index (χ2v) is 6.73. The summed E-state index contributed by atoms with van der Waals surface area (Å²) < 4.78 is 4.85. The average molecular weight is 362 g/mol. The van der Waals surface area contributed by atoms with Crippen LogP contribution >= 0.6 is 35.0 Å². The van der Waals surface area contributed by atoms with Gasteiger partial charge in [0, 0.05) is 24.3 Å². The summed E-state index contributed by atoms with van der Waals surface area (Å²) in [4.78, 5) is 25.5. The summed E-state index contributed by atoms with van der Waals surface area (Å²) in [6, 6.07) is 5.42.